The van der Waals surface area contributed by atoms with Crippen molar-refractivity contribution in [2.45, 2.75) is 26.1 Å². The number of anilines is 1. The average Bonchev–Trinajstić information content (AvgIpc) is 3.39. The lowest BCUT2D eigenvalue weighted by Gasteiger charge is -2.18. The van der Waals surface area contributed by atoms with E-state index in [4.69, 9.17) is 4.42 Å². The lowest BCUT2D eigenvalue weighted by atomic mass is 10.0. The predicted octanol–water partition coefficient (Wildman–Crippen LogP) is 6.12. The summed E-state index contributed by atoms with van der Waals surface area (Å²) in [5.74, 6) is -4.84. The van der Waals surface area contributed by atoms with Crippen molar-refractivity contribution in [1.29, 1.82) is 0 Å². The van der Waals surface area contributed by atoms with E-state index < -0.39 is 41.5 Å². The summed E-state index contributed by atoms with van der Waals surface area (Å²) in [5, 5.41) is 14.2. The van der Waals surface area contributed by atoms with E-state index in [9.17, 15) is 32.7 Å². The van der Waals surface area contributed by atoms with Crippen molar-refractivity contribution in [3.63, 3.8) is 0 Å². The van der Waals surface area contributed by atoms with Crippen molar-refractivity contribution >= 4 is 23.5 Å². The fourth-order valence-electron chi connectivity index (χ4n) is 3.86. The molecule has 3 aromatic carbocycles. The molecular weight excluding hydrogens is 527 g/mol. The molecule has 0 aliphatic heterocycles. The number of hydrogen-bond donors (Lipinski definition) is 3. The Morgan fingerprint density at radius 3 is 1.93 bits per heavy atom. The molecule has 0 saturated heterocycles. The van der Waals surface area contributed by atoms with Crippen LogP contribution in [0.4, 0.5) is 18.9 Å². The minimum Gasteiger partial charge on any atom is -0.480 e. The zero-order chi connectivity index (χ0) is 29.0. The van der Waals surface area contributed by atoms with Gasteiger partial charge in [0.1, 0.15) is 6.04 Å². The second-order valence-corrected chi connectivity index (χ2v) is 9.20. The van der Waals surface area contributed by atoms with E-state index in [0.717, 1.165) is 5.56 Å². The van der Waals surface area contributed by atoms with Gasteiger partial charge in [-0.25, -0.2) is 9.78 Å². The molecule has 4 rings (SSSR count). The van der Waals surface area contributed by atoms with E-state index in [1.54, 1.807) is 68.4 Å². The molecule has 0 bridgehead atoms. The van der Waals surface area contributed by atoms with Crippen molar-refractivity contribution in [2.75, 3.05) is 5.32 Å². The van der Waals surface area contributed by atoms with Crippen LogP contribution in [-0.2, 0) is 11.0 Å². The van der Waals surface area contributed by atoms with Gasteiger partial charge in [0.15, 0.2) is 5.69 Å². The van der Waals surface area contributed by atoms with Gasteiger partial charge in [0.05, 0.1) is 0 Å². The van der Waals surface area contributed by atoms with Crippen LogP contribution in [0, 0.1) is 5.92 Å². The number of carboxylic acids is 1. The molecule has 1 atom stereocenters. The van der Waals surface area contributed by atoms with Crippen LogP contribution in [0.2, 0.25) is 0 Å². The maximum atomic E-state index is 13.6. The first-order valence-corrected chi connectivity index (χ1v) is 12.1. The largest absolute Gasteiger partial charge is 0.480 e. The van der Waals surface area contributed by atoms with E-state index in [0.29, 0.717) is 11.1 Å². The van der Waals surface area contributed by atoms with Crippen LogP contribution in [0.5, 0.6) is 0 Å². The molecule has 8 nitrogen and oxygen atoms in total. The number of halogens is 3. The third-order valence-electron chi connectivity index (χ3n) is 5.96. The second-order valence-electron chi connectivity index (χ2n) is 9.20. The number of benzene rings is 3. The number of hydrogen-bond acceptors (Lipinski definition) is 5. The maximum absolute atomic E-state index is 13.6. The average molecular weight is 552 g/mol. The summed E-state index contributed by atoms with van der Waals surface area (Å²) in [5.41, 5.74) is 1.35. The number of carboxylic acid groups (broad SMARTS) is 1. The molecule has 0 saturated carbocycles. The van der Waals surface area contributed by atoms with Crippen molar-refractivity contribution in [2.24, 2.45) is 5.92 Å². The van der Waals surface area contributed by atoms with Crippen LogP contribution < -0.4 is 10.6 Å². The highest BCUT2D eigenvalue weighted by atomic mass is 19.4. The molecule has 0 fully saturated rings. The van der Waals surface area contributed by atoms with Gasteiger partial charge in [-0.1, -0.05) is 56.3 Å². The fourth-order valence-corrected chi connectivity index (χ4v) is 3.86. The number of amides is 2. The molecule has 0 aliphatic carbocycles. The molecule has 11 heteroatoms. The molecule has 4 aromatic rings. The molecule has 40 heavy (non-hydrogen) atoms. The highest BCUT2D eigenvalue weighted by Crippen LogP contribution is 2.35. The molecular formula is C29H24F3N3O5. The summed E-state index contributed by atoms with van der Waals surface area (Å²) in [6.07, 6.45) is -4.93. The van der Waals surface area contributed by atoms with Gasteiger partial charge in [0.2, 0.25) is 11.7 Å². The van der Waals surface area contributed by atoms with Crippen LogP contribution >= 0.6 is 0 Å². The molecule has 0 unspecified atom stereocenters. The summed E-state index contributed by atoms with van der Waals surface area (Å²) in [7, 11) is 0. The Kier molecular flexibility index (Phi) is 8.03. The smallest absolute Gasteiger partial charge is 0.452 e. The van der Waals surface area contributed by atoms with E-state index in [1.165, 1.54) is 24.3 Å². The normalized spacial score (nSPS) is 12.2. The van der Waals surface area contributed by atoms with Crippen molar-refractivity contribution in [1.82, 2.24) is 10.3 Å². The number of alkyl halides is 3. The number of carbonyl (C=O) groups is 3. The number of nitrogens with one attached hydrogen (secondary N) is 2. The number of aliphatic carboxylic acids is 1. The first-order valence-electron chi connectivity index (χ1n) is 12.1. The van der Waals surface area contributed by atoms with Crippen molar-refractivity contribution < 1.29 is 37.1 Å². The highest BCUT2D eigenvalue weighted by Gasteiger charge is 2.42. The zero-order valence-electron chi connectivity index (χ0n) is 21.3. The topological polar surface area (TPSA) is 122 Å². The Morgan fingerprint density at radius 2 is 1.40 bits per heavy atom. The molecule has 1 heterocycles. The van der Waals surface area contributed by atoms with Gasteiger partial charge >= 0.3 is 12.1 Å². The van der Waals surface area contributed by atoms with Crippen LogP contribution in [0.1, 0.15) is 40.5 Å². The Balaban J connectivity index is 1.48. The lowest BCUT2D eigenvalue weighted by Crippen LogP contribution is -2.44. The van der Waals surface area contributed by atoms with Gasteiger partial charge in [-0.15, -0.1) is 0 Å². The highest BCUT2D eigenvalue weighted by molar-refractivity contribution is 6.04. The van der Waals surface area contributed by atoms with E-state index >= 15 is 0 Å². The summed E-state index contributed by atoms with van der Waals surface area (Å²) < 4.78 is 45.6. The molecule has 1 aromatic heterocycles. The molecule has 206 valence electrons. The van der Waals surface area contributed by atoms with Gasteiger partial charge in [-0.05, 0) is 53.4 Å². The SMILES string of the molecule is CC(C)[C@H](NC(=O)c1ccc(-c2ccc(NC(=O)c3nc(-c4ccccc4)oc3C(F)(F)F)cc2)cc1)C(=O)O. The monoisotopic (exact) mass is 551 g/mol. The number of nitrogens with zero attached hydrogens (tertiary/aromatic N) is 1. The molecule has 3 N–H and O–H groups in total. The summed E-state index contributed by atoms with van der Waals surface area (Å²) in [4.78, 5) is 40.3. The van der Waals surface area contributed by atoms with E-state index in [2.05, 4.69) is 15.6 Å². The van der Waals surface area contributed by atoms with Crippen LogP contribution in [0.15, 0.2) is 83.3 Å². The standard InChI is InChI=1S/C29H24F3N3O5/c1-16(2)22(28(38)39)34-25(36)19-10-8-17(9-11-19)18-12-14-21(15-13-18)33-26(37)23-24(29(30,31)32)40-27(35-23)20-6-4-3-5-7-20/h3-16,22H,1-2H3,(H,33,37)(H,34,36)(H,38,39)/t22-/m0/s1. The van der Waals surface area contributed by atoms with Gasteiger partial charge in [0.25, 0.3) is 11.8 Å². The van der Waals surface area contributed by atoms with Gasteiger partial charge in [0, 0.05) is 16.8 Å². The quantitative estimate of drug-likeness (QED) is 0.243. The minimum atomic E-state index is -4.93. The maximum Gasteiger partial charge on any atom is 0.452 e. The number of rotatable bonds is 8. The third-order valence-corrected chi connectivity index (χ3v) is 5.96. The number of carbonyl (C=O) groups excluding carboxylic acids is 2. The van der Waals surface area contributed by atoms with Crippen LogP contribution in [0.3, 0.4) is 0 Å². The second kappa shape index (κ2) is 11.4. The van der Waals surface area contributed by atoms with Crippen LogP contribution in [-0.4, -0.2) is 33.9 Å². The zero-order valence-corrected chi connectivity index (χ0v) is 21.3. The van der Waals surface area contributed by atoms with Gasteiger partial charge in [-0.3, -0.25) is 9.59 Å². The van der Waals surface area contributed by atoms with E-state index in [-0.39, 0.29) is 23.1 Å². The first-order chi connectivity index (χ1) is 18.9. The molecule has 0 aliphatic rings. The number of aromatic nitrogens is 1. The molecule has 2 amide bonds. The first kappa shape index (κ1) is 28.1. The van der Waals surface area contributed by atoms with Gasteiger partial charge < -0.3 is 20.2 Å². The Morgan fingerprint density at radius 1 is 0.825 bits per heavy atom. The third kappa shape index (κ3) is 6.37. The number of oxazole rings is 1. The minimum absolute atomic E-state index is 0.232. The van der Waals surface area contributed by atoms with Crippen molar-refractivity contribution in [3.05, 3.63) is 95.9 Å². The molecule has 0 spiro atoms. The Labute approximate surface area is 226 Å². The van der Waals surface area contributed by atoms with Crippen molar-refractivity contribution in [3.8, 4) is 22.6 Å². The Bertz CT molecular complexity index is 1510. The van der Waals surface area contributed by atoms with Gasteiger partial charge in [-0.2, -0.15) is 13.2 Å². The predicted molar refractivity (Wildman–Crippen MR) is 141 cm³/mol. The Hall–Kier alpha value is -4.93. The summed E-state index contributed by atoms with van der Waals surface area (Å²) in [6, 6.07) is 19.7. The van der Waals surface area contributed by atoms with E-state index in [1.807, 2.05) is 0 Å². The summed E-state index contributed by atoms with van der Waals surface area (Å²) >= 11 is 0. The molecule has 0 radical (unpaired) electrons. The summed E-state index contributed by atoms with van der Waals surface area (Å²) in [6.45, 7) is 3.38. The fraction of sp³-hybridized carbons (Fsp3) is 0.172. The van der Waals surface area contributed by atoms with Crippen LogP contribution in [0.25, 0.3) is 22.6 Å². The lowest BCUT2D eigenvalue weighted by molar-refractivity contribution is -0.153.